The molecule has 3 heteroatoms. The van der Waals surface area contributed by atoms with Crippen LogP contribution in [0.4, 0.5) is 5.82 Å². The molecule has 1 aromatic heterocycles. The molecule has 1 N–H and O–H groups in total. The lowest BCUT2D eigenvalue weighted by Crippen LogP contribution is -1.90. The third-order valence-corrected chi connectivity index (χ3v) is 2.14. The molecule has 0 unspecified atom stereocenters. The molecule has 3 rings (SSSR count). The van der Waals surface area contributed by atoms with E-state index < -0.39 is 0 Å². The summed E-state index contributed by atoms with van der Waals surface area (Å²) in [4.78, 5) is 9.45. The fourth-order valence-corrected chi connectivity index (χ4v) is 1.48. The van der Waals surface area contributed by atoms with Gasteiger partial charge in [0.05, 0.1) is 5.52 Å². The van der Waals surface area contributed by atoms with Crippen LogP contribution in [0.1, 0.15) is 5.56 Å². The number of nitrogens with one attached hydrogen (secondary N) is 1. The molecule has 1 aromatic carbocycles. The first-order valence-corrected chi connectivity index (χ1v) is 4.11. The zero-order valence-corrected chi connectivity index (χ0v) is 6.87. The lowest BCUT2D eigenvalue weighted by Gasteiger charge is -1.99. The maximum atomic E-state index is 5.06. The van der Waals surface area contributed by atoms with E-state index in [9.17, 15) is 0 Å². The summed E-state index contributed by atoms with van der Waals surface area (Å²) in [5, 5.41) is 1.13. The molecule has 0 fully saturated rings. The van der Waals surface area contributed by atoms with Crippen LogP contribution in [0.2, 0.25) is 0 Å². The minimum atomic E-state index is 0.594. The highest BCUT2D eigenvalue weighted by atomic mass is 16.7. The smallest absolute Gasteiger partial charge is 0.156 e. The third-order valence-electron chi connectivity index (χ3n) is 2.14. The summed E-state index contributed by atoms with van der Waals surface area (Å²) in [5.74, 6) is 0.826. The second-order valence-corrected chi connectivity index (χ2v) is 3.01. The predicted molar refractivity (Wildman–Crippen MR) is 49.0 cm³/mol. The number of nitrogens with zero attached hydrogens (tertiary/aromatic N) is 1. The second-order valence-electron chi connectivity index (χ2n) is 3.01. The Morgan fingerprint density at radius 2 is 2.54 bits per heavy atom. The Hall–Kier alpha value is -1.61. The zero-order chi connectivity index (χ0) is 8.67. The average Bonchev–Trinajstić information content (AvgIpc) is 2.61. The number of pyridine rings is 1. The van der Waals surface area contributed by atoms with Gasteiger partial charge in [0.2, 0.25) is 0 Å². The molecule has 2 heterocycles. The third kappa shape index (κ3) is 0.975. The van der Waals surface area contributed by atoms with Crippen LogP contribution in [0.15, 0.2) is 24.3 Å². The molecule has 63 valence electrons. The molecule has 1 radical (unpaired) electrons. The molecule has 13 heavy (non-hydrogen) atoms. The number of hydrogen-bond acceptors (Lipinski definition) is 3. The lowest BCUT2D eigenvalue weighted by atomic mass is 10.1. The van der Waals surface area contributed by atoms with Crippen LogP contribution in [-0.2, 0) is 11.4 Å². The van der Waals surface area contributed by atoms with Crippen molar-refractivity contribution in [2.45, 2.75) is 6.61 Å². The molecule has 3 nitrogen and oxygen atoms in total. The van der Waals surface area contributed by atoms with Crippen molar-refractivity contribution < 1.29 is 4.84 Å². The van der Waals surface area contributed by atoms with Gasteiger partial charge < -0.3 is 0 Å². The Labute approximate surface area is 75.3 Å². The molecule has 1 aliphatic heterocycles. The quantitative estimate of drug-likeness (QED) is 0.657. The molecule has 0 saturated heterocycles. The van der Waals surface area contributed by atoms with E-state index in [0.717, 1.165) is 22.3 Å². The van der Waals surface area contributed by atoms with Crippen molar-refractivity contribution in [1.82, 2.24) is 4.98 Å². The summed E-state index contributed by atoms with van der Waals surface area (Å²) in [6.45, 7) is 0.594. The number of anilines is 1. The predicted octanol–water partition coefficient (Wildman–Crippen LogP) is 1.89. The van der Waals surface area contributed by atoms with Crippen LogP contribution in [0.5, 0.6) is 0 Å². The SMILES string of the molecule is [c]1ccc2cc3c(nc2c1)NOC3. The molecule has 0 spiro atoms. The van der Waals surface area contributed by atoms with Crippen molar-refractivity contribution in [2.24, 2.45) is 0 Å². The Kier molecular flexibility index (Phi) is 1.29. The first kappa shape index (κ1) is 6.86. The standard InChI is InChI=1S/C10H7N2O/c1-2-4-9-7(3-1)5-8-6-13-12-10(8)11-9/h1,3-5H,6H2,(H,11,12). The van der Waals surface area contributed by atoms with Crippen molar-refractivity contribution in [3.63, 3.8) is 0 Å². The van der Waals surface area contributed by atoms with Gasteiger partial charge in [0, 0.05) is 10.9 Å². The van der Waals surface area contributed by atoms with Gasteiger partial charge >= 0.3 is 0 Å². The normalized spacial score (nSPS) is 14.2. The monoisotopic (exact) mass is 171 g/mol. The fourth-order valence-electron chi connectivity index (χ4n) is 1.48. The van der Waals surface area contributed by atoms with Crippen molar-refractivity contribution in [3.05, 3.63) is 35.9 Å². The summed E-state index contributed by atoms with van der Waals surface area (Å²) in [6, 6.07) is 10.8. The van der Waals surface area contributed by atoms with Gasteiger partial charge in [-0.15, -0.1) is 0 Å². The van der Waals surface area contributed by atoms with Gasteiger partial charge in [0.1, 0.15) is 6.61 Å². The van der Waals surface area contributed by atoms with Crippen LogP contribution in [-0.4, -0.2) is 4.98 Å². The van der Waals surface area contributed by atoms with E-state index in [1.807, 2.05) is 18.2 Å². The van der Waals surface area contributed by atoms with Crippen molar-refractivity contribution >= 4 is 16.7 Å². The highest BCUT2D eigenvalue weighted by molar-refractivity contribution is 5.81. The van der Waals surface area contributed by atoms with Crippen molar-refractivity contribution in [3.8, 4) is 0 Å². The number of hydrogen-bond donors (Lipinski definition) is 1. The van der Waals surface area contributed by atoms with Crippen LogP contribution in [0.25, 0.3) is 10.9 Å². The van der Waals surface area contributed by atoms with Gasteiger partial charge in [0.25, 0.3) is 0 Å². The number of aromatic nitrogens is 1. The van der Waals surface area contributed by atoms with E-state index in [1.165, 1.54) is 0 Å². The van der Waals surface area contributed by atoms with E-state index >= 15 is 0 Å². The average molecular weight is 171 g/mol. The van der Waals surface area contributed by atoms with E-state index in [1.54, 1.807) is 0 Å². The van der Waals surface area contributed by atoms with Crippen LogP contribution in [0.3, 0.4) is 0 Å². The molecular formula is C10H7N2O. The largest absolute Gasteiger partial charge is 0.270 e. The van der Waals surface area contributed by atoms with Gasteiger partial charge in [0.15, 0.2) is 5.82 Å². The molecule has 0 amide bonds. The van der Waals surface area contributed by atoms with Gasteiger partial charge in [-0.25, -0.2) is 10.5 Å². The molecular weight excluding hydrogens is 164 g/mol. The number of fused-ring (bicyclic) bond motifs is 2. The van der Waals surface area contributed by atoms with Gasteiger partial charge in [-0.1, -0.05) is 12.1 Å². The highest BCUT2D eigenvalue weighted by Gasteiger charge is 2.12. The van der Waals surface area contributed by atoms with Gasteiger partial charge in [-0.2, -0.15) is 0 Å². The molecule has 0 aliphatic carbocycles. The summed E-state index contributed by atoms with van der Waals surface area (Å²) < 4.78 is 0. The van der Waals surface area contributed by atoms with E-state index in [0.29, 0.717) is 6.61 Å². The van der Waals surface area contributed by atoms with E-state index in [-0.39, 0.29) is 0 Å². The van der Waals surface area contributed by atoms with Gasteiger partial charge in [-0.05, 0) is 18.2 Å². The van der Waals surface area contributed by atoms with Crippen LogP contribution < -0.4 is 5.48 Å². The molecule has 0 saturated carbocycles. The van der Waals surface area contributed by atoms with E-state index in [2.05, 4.69) is 22.6 Å². The maximum Gasteiger partial charge on any atom is 0.156 e. The van der Waals surface area contributed by atoms with Crippen molar-refractivity contribution in [1.29, 1.82) is 0 Å². The molecule has 1 aliphatic rings. The number of benzene rings is 1. The maximum absolute atomic E-state index is 5.06. The Balaban J connectivity index is 2.36. The summed E-state index contributed by atoms with van der Waals surface area (Å²) >= 11 is 0. The lowest BCUT2D eigenvalue weighted by molar-refractivity contribution is 0.202. The topological polar surface area (TPSA) is 34.2 Å². The summed E-state index contributed by atoms with van der Waals surface area (Å²) in [7, 11) is 0. The first-order chi connectivity index (χ1) is 6.43. The summed E-state index contributed by atoms with van der Waals surface area (Å²) in [6.07, 6.45) is 0. The molecule has 2 aromatic rings. The van der Waals surface area contributed by atoms with Crippen LogP contribution in [0, 0.1) is 6.07 Å². The van der Waals surface area contributed by atoms with E-state index in [4.69, 9.17) is 4.84 Å². The Morgan fingerprint density at radius 3 is 3.54 bits per heavy atom. The summed E-state index contributed by atoms with van der Waals surface area (Å²) in [5.41, 5.74) is 4.82. The van der Waals surface area contributed by atoms with Gasteiger partial charge in [-0.3, -0.25) is 4.84 Å². The Morgan fingerprint density at radius 1 is 1.54 bits per heavy atom. The fraction of sp³-hybridized carbons (Fsp3) is 0.100. The molecule has 0 bridgehead atoms. The molecule has 0 atom stereocenters. The van der Waals surface area contributed by atoms with Crippen LogP contribution >= 0.6 is 0 Å². The minimum Gasteiger partial charge on any atom is -0.270 e. The minimum absolute atomic E-state index is 0.594. The second kappa shape index (κ2) is 2.44. The Bertz CT molecular complexity index is 425. The zero-order valence-electron chi connectivity index (χ0n) is 6.87. The highest BCUT2D eigenvalue weighted by Crippen LogP contribution is 2.24. The first-order valence-electron chi connectivity index (χ1n) is 4.11. The van der Waals surface area contributed by atoms with Crippen molar-refractivity contribution in [2.75, 3.05) is 5.48 Å². The number of rotatable bonds is 0.